The van der Waals surface area contributed by atoms with Crippen molar-refractivity contribution in [1.82, 2.24) is 0 Å². The van der Waals surface area contributed by atoms with Crippen LogP contribution >= 0.6 is 11.6 Å². The Morgan fingerprint density at radius 2 is 2.27 bits per heavy atom. The molecule has 0 radical (unpaired) electrons. The molecule has 1 N–H and O–H groups in total. The van der Waals surface area contributed by atoms with E-state index in [2.05, 4.69) is 0 Å². The SMILES string of the molecule is COc1cccc(Cl)c1C(O)CC1CC1. The Balaban J connectivity index is 2.22. The van der Waals surface area contributed by atoms with Crippen LogP contribution in [0.1, 0.15) is 30.9 Å². The van der Waals surface area contributed by atoms with Crippen molar-refractivity contribution in [3.63, 3.8) is 0 Å². The van der Waals surface area contributed by atoms with Crippen LogP contribution in [0.4, 0.5) is 0 Å². The quantitative estimate of drug-likeness (QED) is 0.855. The van der Waals surface area contributed by atoms with Gasteiger partial charge in [-0.1, -0.05) is 30.5 Å². The Morgan fingerprint density at radius 3 is 2.87 bits per heavy atom. The lowest BCUT2D eigenvalue weighted by Gasteiger charge is -2.15. The lowest BCUT2D eigenvalue weighted by molar-refractivity contribution is 0.156. The maximum absolute atomic E-state index is 10.1. The average Bonchev–Trinajstić information content (AvgIpc) is 3.00. The van der Waals surface area contributed by atoms with Crippen molar-refractivity contribution < 1.29 is 9.84 Å². The molecule has 3 heteroatoms. The molecule has 0 spiro atoms. The summed E-state index contributed by atoms with van der Waals surface area (Å²) in [4.78, 5) is 0. The molecule has 2 nitrogen and oxygen atoms in total. The zero-order valence-electron chi connectivity index (χ0n) is 8.74. The summed E-state index contributed by atoms with van der Waals surface area (Å²) in [5.74, 6) is 1.34. The molecule has 1 fully saturated rings. The van der Waals surface area contributed by atoms with Gasteiger partial charge in [0.25, 0.3) is 0 Å². The molecular weight excluding hydrogens is 212 g/mol. The van der Waals surface area contributed by atoms with Gasteiger partial charge in [-0.25, -0.2) is 0 Å². The molecular formula is C12H15ClO2. The monoisotopic (exact) mass is 226 g/mol. The number of methoxy groups -OCH3 is 1. The third-order valence-corrected chi connectivity index (χ3v) is 3.15. The van der Waals surface area contributed by atoms with E-state index in [0.717, 1.165) is 12.0 Å². The van der Waals surface area contributed by atoms with Gasteiger partial charge in [0.15, 0.2) is 0 Å². The summed E-state index contributed by atoms with van der Waals surface area (Å²) in [5, 5.41) is 10.6. The summed E-state index contributed by atoms with van der Waals surface area (Å²) in [6.45, 7) is 0. The van der Waals surface area contributed by atoms with Crippen molar-refractivity contribution in [3.8, 4) is 5.75 Å². The second-order valence-corrected chi connectivity index (χ2v) is 4.46. The summed E-state index contributed by atoms with van der Waals surface area (Å²) in [6, 6.07) is 5.45. The first-order valence-corrected chi connectivity index (χ1v) is 5.60. The number of ether oxygens (including phenoxy) is 1. The minimum absolute atomic E-state index is 0.499. The molecule has 2 rings (SSSR count). The molecule has 1 aliphatic rings. The molecule has 0 heterocycles. The van der Waals surface area contributed by atoms with E-state index in [-0.39, 0.29) is 0 Å². The summed E-state index contributed by atoms with van der Waals surface area (Å²) in [5.41, 5.74) is 0.730. The highest BCUT2D eigenvalue weighted by atomic mass is 35.5. The fraction of sp³-hybridized carbons (Fsp3) is 0.500. The van der Waals surface area contributed by atoms with E-state index in [1.54, 1.807) is 13.2 Å². The van der Waals surface area contributed by atoms with E-state index in [1.165, 1.54) is 12.8 Å². The molecule has 1 aliphatic carbocycles. The van der Waals surface area contributed by atoms with Gasteiger partial charge in [0, 0.05) is 5.56 Å². The predicted octanol–water partition coefficient (Wildman–Crippen LogP) is 3.18. The summed E-state index contributed by atoms with van der Waals surface area (Å²) in [6.07, 6.45) is 2.74. The van der Waals surface area contributed by atoms with Crippen LogP contribution in [0.2, 0.25) is 5.02 Å². The molecule has 0 bridgehead atoms. The largest absolute Gasteiger partial charge is 0.496 e. The molecule has 1 unspecified atom stereocenters. The first kappa shape index (κ1) is 10.8. The molecule has 82 valence electrons. The van der Waals surface area contributed by atoms with Crippen LogP contribution in [0, 0.1) is 5.92 Å². The molecule has 1 aromatic carbocycles. The minimum atomic E-state index is -0.499. The van der Waals surface area contributed by atoms with Crippen molar-refractivity contribution in [2.75, 3.05) is 7.11 Å². The second kappa shape index (κ2) is 4.42. The average molecular weight is 227 g/mol. The predicted molar refractivity (Wildman–Crippen MR) is 60.3 cm³/mol. The molecule has 15 heavy (non-hydrogen) atoms. The van der Waals surface area contributed by atoms with Gasteiger partial charge >= 0.3 is 0 Å². The standard InChI is InChI=1S/C12H15ClO2/c1-15-11-4-2-3-9(13)12(11)10(14)7-8-5-6-8/h2-4,8,10,14H,5-7H2,1H3. The van der Waals surface area contributed by atoms with Gasteiger partial charge in [0.2, 0.25) is 0 Å². The molecule has 1 aromatic rings. The number of aliphatic hydroxyl groups is 1. The van der Waals surface area contributed by atoms with Crippen LogP contribution in [0.3, 0.4) is 0 Å². The van der Waals surface area contributed by atoms with Crippen LogP contribution in [-0.4, -0.2) is 12.2 Å². The molecule has 0 saturated heterocycles. The third kappa shape index (κ3) is 2.44. The van der Waals surface area contributed by atoms with Gasteiger partial charge in [-0.2, -0.15) is 0 Å². The summed E-state index contributed by atoms with van der Waals surface area (Å²) in [7, 11) is 1.60. The second-order valence-electron chi connectivity index (χ2n) is 4.05. The summed E-state index contributed by atoms with van der Waals surface area (Å²) >= 11 is 6.07. The Labute approximate surface area is 94.8 Å². The Morgan fingerprint density at radius 1 is 1.53 bits per heavy atom. The van der Waals surface area contributed by atoms with E-state index in [4.69, 9.17) is 16.3 Å². The number of halogens is 1. The van der Waals surface area contributed by atoms with Crippen molar-refractivity contribution in [2.45, 2.75) is 25.4 Å². The topological polar surface area (TPSA) is 29.5 Å². The first-order valence-electron chi connectivity index (χ1n) is 5.23. The van der Waals surface area contributed by atoms with Gasteiger partial charge in [-0.15, -0.1) is 0 Å². The Bertz CT molecular complexity index is 347. The zero-order valence-corrected chi connectivity index (χ0v) is 9.50. The van der Waals surface area contributed by atoms with Crippen molar-refractivity contribution in [2.24, 2.45) is 5.92 Å². The third-order valence-electron chi connectivity index (χ3n) is 2.82. The normalized spacial score (nSPS) is 17.5. The first-order chi connectivity index (χ1) is 7.22. The van der Waals surface area contributed by atoms with Crippen molar-refractivity contribution in [1.29, 1.82) is 0 Å². The Kier molecular flexibility index (Phi) is 3.17. The highest BCUT2D eigenvalue weighted by Crippen LogP contribution is 2.41. The van der Waals surface area contributed by atoms with Crippen molar-refractivity contribution in [3.05, 3.63) is 28.8 Å². The number of hydrogen-bond donors (Lipinski definition) is 1. The fourth-order valence-corrected chi connectivity index (χ4v) is 2.10. The number of benzene rings is 1. The molecule has 0 aliphatic heterocycles. The van der Waals surface area contributed by atoms with Crippen LogP contribution in [0.15, 0.2) is 18.2 Å². The number of rotatable bonds is 4. The van der Waals surface area contributed by atoms with E-state index in [0.29, 0.717) is 16.7 Å². The number of hydrogen-bond acceptors (Lipinski definition) is 2. The Hall–Kier alpha value is -0.730. The van der Waals surface area contributed by atoms with Crippen LogP contribution in [0.25, 0.3) is 0 Å². The van der Waals surface area contributed by atoms with E-state index < -0.39 is 6.10 Å². The van der Waals surface area contributed by atoms with Crippen LogP contribution in [-0.2, 0) is 0 Å². The van der Waals surface area contributed by atoms with Gasteiger partial charge in [-0.05, 0) is 24.5 Å². The highest BCUT2D eigenvalue weighted by molar-refractivity contribution is 6.31. The lowest BCUT2D eigenvalue weighted by atomic mass is 10.0. The molecule has 0 amide bonds. The zero-order chi connectivity index (χ0) is 10.8. The highest BCUT2D eigenvalue weighted by Gasteiger charge is 2.27. The molecule has 1 saturated carbocycles. The molecule has 1 atom stereocenters. The lowest BCUT2D eigenvalue weighted by Crippen LogP contribution is -2.02. The van der Waals surface area contributed by atoms with Gasteiger partial charge in [-0.3, -0.25) is 0 Å². The smallest absolute Gasteiger partial charge is 0.126 e. The van der Waals surface area contributed by atoms with Crippen molar-refractivity contribution >= 4 is 11.6 Å². The van der Waals surface area contributed by atoms with Gasteiger partial charge in [0.1, 0.15) is 5.75 Å². The van der Waals surface area contributed by atoms with Crippen LogP contribution in [0.5, 0.6) is 5.75 Å². The minimum Gasteiger partial charge on any atom is -0.496 e. The van der Waals surface area contributed by atoms with Gasteiger partial charge in [0.05, 0.1) is 18.2 Å². The fourth-order valence-electron chi connectivity index (χ4n) is 1.81. The van der Waals surface area contributed by atoms with E-state index in [1.807, 2.05) is 12.1 Å². The summed E-state index contributed by atoms with van der Waals surface area (Å²) < 4.78 is 5.20. The number of aliphatic hydroxyl groups excluding tert-OH is 1. The molecule has 0 aromatic heterocycles. The maximum Gasteiger partial charge on any atom is 0.126 e. The van der Waals surface area contributed by atoms with E-state index in [9.17, 15) is 5.11 Å². The van der Waals surface area contributed by atoms with E-state index >= 15 is 0 Å². The van der Waals surface area contributed by atoms with Crippen LogP contribution < -0.4 is 4.74 Å². The van der Waals surface area contributed by atoms with Gasteiger partial charge < -0.3 is 9.84 Å². The maximum atomic E-state index is 10.1.